The van der Waals surface area contributed by atoms with Gasteiger partial charge in [0.15, 0.2) is 0 Å². The molecule has 6 atom stereocenters. The molecule has 0 heteroatoms. The third-order valence-electron chi connectivity index (χ3n) is 8.39. The van der Waals surface area contributed by atoms with Gasteiger partial charge in [-0.3, -0.25) is 0 Å². The smallest absolute Gasteiger partial charge is 0.00419 e. The van der Waals surface area contributed by atoms with E-state index < -0.39 is 0 Å². The van der Waals surface area contributed by atoms with Gasteiger partial charge in [0.25, 0.3) is 0 Å². The fraction of sp³-hybridized carbons (Fsp3) is 0.760. The van der Waals surface area contributed by atoms with Crippen molar-refractivity contribution >= 4 is 0 Å². The second-order valence-corrected chi connectivity index (χ2v) is 9.70. The maximum atomic E-state index is 4.28. The van der Waals surface area contributed by atoms with Crippen molar-refractivity contribution in [2.75, 3.05) is 0 Å². The average molecular weight is 341 g/mol. The van der Waals surface area contributed by atoms with Gasteiger partial charge in [0.05, 0.1) is 0 Å². The molecule has 140 valence electrons. The van der Waals surface area contributed by atoms with Crippen molar-refractivity contribution in [1.29, 1.82) is 0 Å². The van der Waals surface area contributed by atoms with Crippen LogP contribution >= 0.6 is 0 Å². The number of fused-ring (bicyclic) bond motifs is 5. The largest absolute Gasteiger partial charge is 0.0958 e. The van der Waals surface area contributed by atoms with Crippen LogP contribution in [0, 0.1) is 34.5 Å². The number of allylic oxidation sites excluding steroid dienone is 5. The summed E-state index contributed by atoms with van der Waals surface area (Å²) in [5.74, 6) is 3.61. The quantitative estimate of drug-likeness (QED) is 0.428. The normalized spacial score (nSPS) is 45.0. The second-order valence-electron chi connectivity index (χ2n) is 9.70. The van der Waals surface area contributed by atoms with Crippen LogP contribution in [0.25, 0.3) is 0 Å². The van der Waals surface area contributed by atoms with E-state index >= 15 is 0 Å². The van der Waals surface area contributed by atoms with Crippen LogP contribution in [0.3, 0.4) is 0 Å². The van der Waals surface area contributed by atoms with E-state index in [1.54, 1.807) is 5.57 Å². The molecule has 0 saturated heterocycles. The van der Waals surface area contributed by atoms with Gasteiger partial charge in [-0.15, -0.1) is 0 Å². The Kier molecular flexibility index (Phi) is 5.13. The van der Waals surface area contributed by atoms with Gasteiger partial charge >= 0.3 is 0 Å². The summed E-state index contributed by atoms with van der Waals surface area (Å²) < 4.78 is 0. The Hall–Kier alpha value is -0.780. The van der Waals surface area contributed by atoms with Crippen LogP contribution in [0.1, 0.15) is 86.5 Å². The predicted molar refractivity (Wildman–Crippen MR) is 110 cm³/mol. The SMILES string of the molecule is C=C(C)C1=CCC2C3CC=C4CC(C)CCC4(C)C3CCC12C.CC. The van der Waals surface area contributed by atoms with Gasteiger partial charge in [0.2, 0.25) is 0 Å². The molecule has 4 rings (SSSR count). The standard InChI is InChI=1S/C23H34.C2H6/c1-15(2)19-8-9-20-18-7-6-17-14-16(3)10-12-22(17,4)21(18)11-13-23(19,20)5;1-2/h6,8,16,18,20-21H,1,7,9-14H2,2-5H3;1-2H3. The molecule has 0 bridgehead atoms. The molecular formula is C25H40. The van der Waals surface area contributed by atoms with Gasteiger partial charge in [-0.25, -0.2) is 0 Å². The van der Waals surface area contributed by atoms with Crippen molar-refractivity contribution in [3.63, 3.8) is 0 Å². The first kappa shape index (κ1) is 19.0. The maximum absolute atomic E-state index is 4.28. The maximum Gasteiger partial charge on any atom is -0.00419 e. The van der Waals surface area contributed by atoms with Crippen LogP contribution in [0.5, 0.6) is 0 Å². The fourth-order valence-corrected chi connectivity index (χ4v) is 7.07. The molecule has 0 nitrogen and oxygen atoms in total. The van der Waals surface area contributed by atoms with E-state index in [0.717, 1.165) is 23.7 Å². The topological polar surface area (TPSA) is 0 Å². The highest BCUT2D eigenvalue weighted by atomic mass is 14.6. The first-order chi connectivity index (χ1) is 11.9. The molecular weight excluding hydrogens is 300 g/mol. The Labute approximate surface area is 156 Å². The van der Waals surface area contributed by atoms with Crippen molar-refractivity contribution < 1.29 is 0 Å². The minimum Gasteiger partial charge on any atom is -0.0958 e. The summed E-state index contributed by atoms with van der Waals surface area (Å²) in [6.07, 6.45) is 14.9. The molecule has 2 fully saturated rings. The van der Waals surface area contributed by atoms with Crippen LogP contribution in [0.15, 0.2) is 35.5 Å². The molecule has 0 amide bonds. The Morgan fingerprint density at radius 2 is 1.68 bits per heavy atom. The summed E-state index contributed by atoms with van der Waals surface area (Å²) in [4.78, 5) is 0. The molecule has 0 spiro atoms. The molecule has 4 aliphatic carbocycles. The summed E-state index contributed by atoms with van der Waals surface area (Å²) in [6.45, 7) is 18.1. The minimum atomic E-state index is 0.413. The average Bonchev–Trinajstić information content (AvgIpc) is 2.95. The summed E-state index contributed by atoms with van der Waals surface area (Å²) >= 11 is 0. The first-order valence-electron chi connectivity index (χ1n) is 10.9. The van der Waals surface area contributed by atoms with E-state index in [1.807, 2.05) is 19.4 Å². The van der Waals surface area contributed by atoms with E-state index in [9.17, 15) is 0 Å². The minimum absolute atomic E-state index is 0.413. The third kappa shape index (κ3) is 2.79. The van der Waals surface area contributed by atoms with Gasteiger partial charge in [0, 0.05) is 0 Å². The van der Waals surface area contributed by atoms with Crippen molar-refractivity contribution in [3.05, 3.63) is 35.5 Å². The Bertz CT molecular complexity index is 591. The van der Waals surface area contributed by atoms with Crippen molar-refractivity contribution in [2.45, 2.75) is 86.5 Å². The zero-order chi connectivity index (χ0) is 18.4. The summed E-state index contributed by atoms with van der Waals surface area (Å²) in [5.41, 5.74) is 5.67. The van der Waals surface area contributed by atoms with E-state index in [2.05, 4.69) is 46.4 Å². The van der Waals surface area contributed by atoms with Crippen LogP contribution < -0.4 is 0 Å². The van der Waals surface area contributed by atoms with Gasteiger partial charge < -0.3 is 0 Å². The van der Waals surface area contributed by atoms with Gasteiger partial charge in [-0.2, -0.15) is 0 Å². The van der Waals surface area contributed by atoms with E-state index in [-0.39, 0.29) is 0 Å². The van der Waals surface area contributed by atoms with Gasteiger partial charge in [0.1, 0.15) is 0 Å². The Balaban J connectivity index is 0.000000880. The van der Waals surface area contributed by atoms with E-state index in [4.69, 9.17) is 0 Å². The van der Waals surface area contributed by atoms with Crippen molar-refractivity contribution in [2.24, 2.45) is 34.5 Å². The molecule has 0 N–H and O–H groups in total. The highest BCUT2D eigenvalue weighted by molar-refractivity contribution is 5.39. The first-order valence-corrected chi connectivity index (χ1v) is 10.9. The molecule has 25 heavy (non-hydrogen) atoms. The molecule has 0 aromatic carbocycles. The molecule has 0 aromatic rings. The van der Waals surface area contributed by atoms with Crippen LogP contribution in [0.4, 0.5) is 0 Å². The highest BCUT2D eigenvalue weighted by Gasteiger charge is 2.56. The van der Waals surface area contributed by atoms with Crippen LogP contribution in [0.2, 0.25) is 0 Å². The van der Waals surface area contributed by atoms with Crippen molar-refractivity contribution in [1.82, 2.24) is 0 Å². The zero-order valence-electron chi connectivity index (χ0n) is 17.6. The molecule has 0 aliphatic heterocycles. The lowest BCUT2D eigenvalue weighted by molar-refractivity contribution is -0.0196. The number of rotatable bonds is 1. The zero-order valence-corrected chi connectivity index (χ0v) is 17.6. The summed E-state index contributed by atoms with van der Waals surface area (Å²) in [6, 6.07) is 0. The molecule has 0 aromatic heterocycles. The Morgan fingerprint density at radius 1 is 1.00 bits per heavy atom. The monoisotopic (exact) mass is 340 g/mol. The summed E-state index contributed by atoms with van der Waals surface area (Å²) in [7, 11) is 0. The molecule has 4 aliphatic rings. The number of hydrogen-bond acceptors (Lipinski definition) is 0. The van der Waals surface area contributed by atoms with Crippen molar-refractivity contribution in [3.8, 4) is 0 Å². The van der Waals surface area contributed by atoms with Gasteiger partial charge in [-0.1, -0.05) is 64.5 Å². The van der Waals surface area contributed by atoms with Gasteiger partial charge in [-0.05, 0) is 91.9 Å². The molecule has 2 saturated carbocycles. The van der Waals surface area contributed by atoms with E-state index in [1.165, 1.54) is 50.5 Å². The lowest BCUT2D eigenvalue weighted by Gasteiger charge is -2.58. The molecule has 0 radical (unpaired) electrons. The lowest BCUT2D eigenvalue weighted by Crippen LogP contribution is -2.49. The summed E-state index contributed by atoms with van der Waals surface area (Å²) in [5, 5.41) is 0. The third-order valence-corrected chi connectivity index (χ3v) is 8.39. The highest BCUT2D eigenvalue weighted by Crippen LogP contribution is 2.65. The second kappa shape index (κ2) is 6.75. The van der Waals surface area contributed by atoms with E-state index in [0.29, 0.717) is 10.8 Å². The molecule has 6 unspecified atom stereocenters. The fourth-order valence-electron chi connectivity index (χ4n) is 7.07. The number of hydrogen-bond donors (Lipinski definition) is 0. The lowest BCUT2D eigenvalue weighted by atomic mass is 9.47. The molecule has 0 heterocycles. The predicted octanol–water partition coefficient (Wildman–Crippen LogP) is 7.72. The Morgan fingerprint density at radius 3 is 2.36 bits per heavy atom. The van der Waals surface area contributed by atoms with Crippen LogP contribution in [-0.2, 0) is 0 Å². The van der Waals surface area contributed by atoms with Crippen LogP contribution in [-0.4, -0.2) is 0 Å².